The van der Waals surface area contributed by atoms with Crippen LogP contribution in [0.1, 0.15) is 23.9 Å². The van der Waals surface area contributed by atoms with E-state index < -0.39 is 12.1 Å². The lowest BCUT2D eigenvalue weighted by Crippen LogP contribution is -2.32. The first-order valence-electron chi connectivity index (χ1n) is 5.87. The summed E-state index contributed by atoms with van der Waals surface area (Å²) >= 11 is 0. The molecular weight excluding hydrogens is 250 g/mol. The van der Waals surface area contributed by atoms with Crippen molar-refractivity contribution >= 4 is 17.9 Å². The number of methoxy groups -OCH3 is 1. The second kappa shape index (κ2) is 7.25. The van der Waals surface area contributed by atoms with Gasteiger partial charge in [-0.15, -0.1) is 6.58 Å². The second-order valence-corrected chi connectivity index (χ2v) is 3.56. The van der Waals surface area contributed by atoms with Crippen LogP contribution < -0.4 is 4.90 Å². The van der Waals surface area contributed by atoms with Gasteiger partial charge in [-0.1, -0.05) is 6.08 Å². The van der Waals surface area contributed by atoms with E-state index in [9.17, 15) is 9.59 Å². The van der Waals surface area contributed by atoms with Gasteiger partial charge in [-0.05, 0) is 19.4 Å². The fourth-order valence-electron chi connectivity index (χ4n) is 1.40. The van der Waals surface area contributed by atoms with Crippen molar-refractivity contribution in [3.63, 3.8) is 0 Å². The lowest BCUT2D eigenvalue weighted by atomic mass is 10.4. The number of rotatable bonds is 6. The number of amides is 1. The summed E-state index contributed by atoms with van der Waals surface area (Å²) in [6.07, 6.45) is 1.72. The molecule has 0 bridgehead atoms. The van der Waals surface area contributed by atoms with Crippen LogP contribution in [-0.2, 0) is 9.47 Å². The Balaban J connectivity index is 2.90. The molecule has 0 spiro atoms. The number of carbonyl (C=O) groups is 2. The highest BCUT2D eigenvalue weighted by atomic mass is 16.6. The average Bonchev–Trinajstić information content (AvgIpc) is 2.88. The maximum Gasteiger partial charge on any atom is 0.416 e. The van der Waals surface area contributed by atoms with E-state index in [2.05, 4.69) is 11.3 Å². The molecule has 1 amide bonds. The summed E-state index contributed by atoms with van der Waals surface area (Å²) in [7, 11) is 1.26. The molecule has 104 valence electrons. The van der Waals surface area contributed by atoms with Gasteiger partial charge < -0.3 is 13.9 Å². The fraction of sp³-hybridized carbons (Fsp3) is 0.385. The molecule has 1 rings (SSSR count). The first-order chi connectivity index (χ1) is 9.13. The van der Waals surface area contributed by atoms with E-state index in [1.165, 1.54) is 24.1 Å². The Morgan fingerprint density at radius 1 is 1.47 bits per heavy atom. The molecular formula is C13H17NO5. The first kappa shape index (κ1) is 14.8. The summed E-state index contributed by atoms with van der Waals surface area (Å²) in [5.41, 5.74) is 0. The predicted molar refractivity (Wildman–Crippen MR) is 69.2 cm³/mol. The number of furan rings is 1. The van der Waals surface area contributed by atoms with Crippen LogP contribution in [0.15, 0.2) is 29.2 Å². The molecule has 19 heavy (non-hydrogen) atoms. The van der Waals surface area contributed by atoms with E-state index in [4.69, 9.17) is 9.15 Å². The number of ether oxygens (including phenoxy) is 2. The van der Waals surface area contributed by atoms with Crippen LogP contribution in [0.2, 0.25) is 0 Å². The van der Waals surface area contributed by atoms with Gasteiger partial charge in [0.25, 0.3) is 0 Å². The molecule has 0 saturated carbocycles. The van der Waals surface area contributed by atoms with Gasteiger partial charge in [-0.2, -0.15) is 0 Å². The number of esters is 1. The van der Waals surface area contributed by atoms with Crippen LogP contribution in [-0.4, -0.2) is 32.3 Å². The van der Waals surface area contributed by atoms with Crippen molar-refractivity contribution in [1.82, 2.24) is 0 Å². The second-order valence-electron chi connectivity index (χ2n) is 3.56. The van der Waals surface area contributed by atoms with Crippen molar-refractivity contribution < 1.29 is 23.5 Å². The maximum absolute atomic E-state index is 11.8. The highest BCUT2D eigenvalue weighted by Gasteiger charge is 2.21. The molecule has 6 heteroatoms. The van der Waals surface area contributed by atoms with E-state index >= 15 is 0 Å². The van der Waals surface area contributed by atoms with Gasteiger partial charge >= 0.3 is 12.1 Å². The fourth-order valence-corrected chi connectivity index (χ4v) is 1.40. The molecule has 0 aliphatic carbocycles. The number of anilines is 1. The van der Waals surface area contributed by atoms with Gasteiger partial charge in [0, 0.05) is 12.6 Å². The largest absolute Gasteiger partial charge is 0.463 e. The summed E-state index contributed by atoms with van der Waals surface area (Å²) in [6.45, 7) is 5.92. The Hall–Kier alpha value is -2.24. The normalized spacial score (nSPS) is 9.79. The van der Waals surface area contributed by atoms with Crippen molar-refractivity contribution in [3.05, 3.63) is 30.5 Å². The zero-order chi connectivity index (χ0) is 14.3. The average molecular weight is 267 g/mol. The molecule has 1 aromatic rings. The molecule has 0 fully saturated rings. The van der Waals surface area contributed by atoms with Crippen molar-refractivity contribution in [1.29, 1.82) is 0 Å². The van der Waals surface area contributed by atoms with E-state index in [1.807, 2.05) is 0 Å². The lowest BCUT2D eigenvalue weighted by molar-refractivity contribution is 0.0565. The summed E-state index contributed by atoms with van der Waals surface area (Å²) in [5, 5.41) is 0. The minimum Gasteiger partial charge on any atom is -0.463 e. The van der Waals surface area contributed by atoms with Gasteiger partial charge in [-0.25, -0.2) is 14.5 Å². The van der Waals surface area contributed by atoms with Crippen LogP contribution in [0.4, 0.5) is 10.7 Å². The molecule has 0 aromatic carbocycles. The Labute approximate surface area is 111 Å². The van der Waals surface area contributed by atoms with Gasteiger partial charge in [0.05, 0.1) is 13.7 Å². The monoisotopic (exact) mass is 267 g/mol. The van der Waals surface area contributed by atoms with E-state index in [0.29, 0.717) is 13.0 Å². The van der Waals surface area contributed by atoms with Crippen molar-refractivity contribution in [3.8, 4) is 0 Å². The van der Waals surface area contributed by atoms with Gasteiger partial charge in [0.15, 0.2) is 0 Å². The first-order valence-corrected chi connectivity index (χ1v) is 5.87. The number of hydrogen-bond donors (Lipinski definition) is 0. The minimum absolute atomic E-state index is 0.0328. The topological polar surface area (TPSA) is 69.0 Å². The molecule has 0 aliphatic heterocycles. The Kier molecular flexibility index (Phi) is 5.66. The molecule has 0 saturated heterocycles. The number of carbonyl (C=O) groups excluding carboxylic acids is 2. The highest BCUT2D eigenvalue weighted by molar-refractivity contribution is 5.89. The van der Waals surface area contributed by atoms with Gasteiger partial charge in [0.2, 0.25) is 11.6 Å². The summed E-state index contributed by atoms with van der Waals surface area (Å²) in [5.74, 6) is -0.329. The van der Waals surface area contributed by atoms with Crippen LogP contribution >= 0.6 is 0 Å². The third-order valence-corrected chi connectivity index (χ3v) is 2.29. The highest BCUT2D eigenvalue weighted by Crippen LogP contribution is 2.20. The molecule has 0 aliphatic rings. The van der Waals surface area contributed by atoms with E-state index in [-0.39, 0.29) is 18.3 Å². The van der Waals surface area contributed by atoms with Crippen molar-refractivity contribution in [2.45, 2.75) is 13.3 Å². The molecule has 6 nitrogen and oxygen atoms in total. The minimum atomic E-state index is -0.598. The van der Waals surface area contributed by atoms with E-state index in [0.717, 1.165) is 0 Å². The summed E-state index contributed by atoms with van der Waals surface area (Å²) in [4.78, 5) is 24.4. The molecule has 0 N–H and O–H groups in total. The third-order valence-electron chi connectivity index (χ3n) is 2.29. The van der Waals surface area contributed by atoms with Crippen molar-refractivity contribution in [2.24, 2.45) is 0 Å². The smallest absolute Gasteiger partial charge is 0.416 e. The molecule has 0 unspecified atom stereocenters. The predicted octanol–water partition coefficient (Wildman–Crippen LogP) is 2.61. The van der Waals surface area contributed by atoms with E-state index in [1.54, 1.807) is 13.0 Å². The van der Waals surface area contributed by atoms with Gasteiger partial charge in [0.1, 0.15) is 0 Å². The van der Waals surface area contributed by atoms with Crippen LogP contribution in [0, 0.1) is 0 Å². The SMILES string of the molecule is C=CCCN(C(=O)OCC)c1ccc(C(=O)OC)o1. The number of nitrogens with zero attached hydrogens (tertiary/aromatic N) is 1. The Morgan fingerprint density at radius 3 is 2.79 bits per heavy atom. The lowest BCUT2D eigenvalue weighted by Gasteiger charge is -2.18. The van der Waals surface area contributed by atoms with Crippen LogP contribution in [0.3, 0.4) is 0 Å². The standard InChI is InChI=1S/C13H17NO5/c1-4-6-9-14(13(16)18-5-2)11-8-7-10(19-11)12(15)17-3/h4,7-8H,1,5-6,9H2,2-3H3. The van der Waals surface area contributed by atoms with Crippen LogP contribution in [0.25, 0.3) is 0 Å². The zero-order valence-electron chi connectivity index (χ0n) is 11.0. The summed E-state index contributed by atoms with van der Waals surface area (Å²) < 4.78 is 14.7. The quantitative estimate of drug-likeness (QED) is 0.585. The van der Waals surface area contributed by atoms with Crippen LogP contribution in [0.5, 0.6) is 0 Å². The molecule has 0 radical (unpaired) electrons. The molecule has 0 atom stereocenters. The molecule has 1 heterocycles. The van der Waals surface area contributed by atoms with Gasteiger partial charge in [-0.3, -0.25) is 0 Å². The Morgan fingerprint density at radius 2 is 2.21 bits per heavy atom. The Bertz CT molecular complexity index is 452. The van der Waals surface area contributed by atoms with Crippen molar-refractivity contribution in [2.75, 3.05) is 25.2 Å². The third kappa shape index (κ3) is 3.87. The maximum atomic E-state index is 11.8. The molecule has 1 aromatic heterocycles. The zero-order valence-corrected chi connectivity index (χ0v) is 11.0. The summed E-state index contributed by atoms with van der Waals surface area (Å²) in [6, 6.07) is 2.97. The number of hydrogen-bond acceptors (Lipinski definition) is 5.